The molecule has 1 aliphatic heterocycles. The molecular weight excluding hydrogens is 370 g/mol. The number of carbonyl (C=O) groups is 2. The van der Waals surface area contributed by atoms with E-state index in [1.54, 1.807) is 17.0 Å². The normalized spacial score (nSPS) is 14.5. The van der Waals surface area contributed by atoms with Gasteiger partial charge in [-0.2, -0.15) is 0 Å². The molecule has 0 atom stereocenters. The quantitative estimate of drug-likeness (QED) is 0.865. The third-order valence-electron chi connectivity index (χ3n) is 4.59. The van der Waals surface area contributed by atoms with Gasteiger partial charge in [0.05, 0.1) is 18.2 Å². The van der Waals surface area contributed by atoms with Crippen LogP contribution in [0.1, 0.15) is 27.1 Å². The Labute approximate surface area is 160 Å². The van der Waals surface area contributed by atoms with E-state index in [0.717, 1.165) is 19.2 Å². The van der Waals surface area contributed by atoms with Crippen molar-refractivity contribution in [3.63, 3.8) is 0 Å². The number of carbonyl (C=O) groups excluding carboxylic acids is 2. The number of hydrogen-bond donors (Lipinski definition) is 1. The van der Waals surface area contributed by atoms with E-state index in [1.807, 2.05) is 0 Å². The molecule has 2 N–H and O–H groups in total. The van der Waals surface area contributed by atoms with Crippen molar-refractivity contribution in [2.24, 2.45) is 0 Å². The van der Waals surface area contributed by atoms with Gasteiger partial charge in [-0.05, 0) is 30.7 Å². The fourth-order valence-electron chi connectivity index (χ4n) is 3.09. The van der Waals surface area contributed by atoms with Gasteiger partial charge in [0.25, 0.3) is 11.8 Å². The van der Waals surface area contributed by atoms with Crippen molar-refractivity contribution in [1.82, 2.24) is 14.8 Å². The van der Waals surface area contributed by atoms with Crippen molar-refractivity contribution in [2.75, 3.05) is 39.0 Å². The maximum Gasteiger partial charge on any atom is 0.257 e. The van der Waals surface area contributed by atoms with Crippen LogP contribution in [0.3, 0.4) is 0 Å². The number of nitrogens with zero attached hydrogens (tertiary/aromatic N) is 3. The molecule has 3 rings (SSSR count). The number of ether oxygens (including phenoxy) is 1. The molecule has 0 saturated carbocycles. The lowest BCUT2D eigenvalue weighted by molar-refractivity contribution is 0.0715. The van der Waals surface area contributed by atoms with Crippen LogP contribution in [0.15, 0.2) is 30.5 Å². The molecule has 1 aliphatic rings. The molecule has 0 spiro atoms. The molecule has 0 bridgehead atoms. The largest absolute Gasteiger partial charge is 0.491 e. The molecule has 148 valence electrons. The van der Waals surface area contributed by atoms with E-state index >= 15 is 0 Å². The van der Waals surface area contributed by atoms with Crippen molar-refractivity contribution in [3.05, 3.63) is 53.2 Å². The van der Waals surface area contributed by atoms with E-state index in [2.05, 4.69) is 4.98 Å². The highest BCUT2D eigenvalue weighted by molar-refractivity contribution is 5.96. The molecule has 2 aromatic rings. The second-order valence-corrected chi connectivity index (χ2v) is 6.35. The van der Waals surface area contributed by atoms with E-state index in [4.69, 9.17) is 10.5 Å². The lowest BCUT2D eigenvalue weighted by Crippen LogP contribution is -2.37. The molecule has 1 aromatic heterocycles. The van der Waals surface area contributed by atoms with E-state index in [1.165, 1.54) is 11.1 Å². The first-order valence-corrected chi connectivity index (χ1v) is 8.74. The highest BCUT2D eigenvalue weighted by atomic mass is 19.1. The number of nitrogens with two attached hydrogens (primary N) is 1. The van der Waals surface area contributed by atoms with Crippen LogP contribution in [0.4, 0.5) is 14.6 Å². The first-order chi connectivity index (χ1) is 13.4. The smallest absolute Gasteiger partial charge is 0.257 e. The van der Waals surface area contributed by atoms with Gasteiger partial charge in [0, 0.05) is 32.4 Å². The molecule has 0 unspecified atom stereocenters. The highest BCUT2D eigenvalue weighted by Crippen LogP contribution is 2.25. The van der Waals surface area contributed by atoms with Crippen LogP contribution < -0.4 is 10.5 Å². The summed E-state index contributed by atoms with van der Waals surface area (Å²) < 4.78 is 32.7. The fourth-order valence-corrected chi connectivity index (χ4v) is 3.09. The molecule has 28 heavy (non-hydrogen) atoms. The van der Waals surface area contributed by atoms with Gasteiger partial charge in [0.2, 0.25) is 0 Å². The number of amides is 2. The van der Waals surface area contributed by atoms with Crippen LogP contribution in [-0.4, -0.2) is 59.9 Å². The fraction of sp³-hybridized carbons (Fsp3) is 0.316. The number of hydrogen-bond acceptors (Lipinski definition) is 5. The second kappa shape index (κ2) is 8.20. The van der Waals surface area contributed by atoms with Crippen LogP contribution in [0.25, 0.3) is 0 Å². The average Bonchev–Trinajstić information content (AvgIpc) is 2.94. The number of methoxy groups -OCH3 is 1. The summed E-state index contributed by atoms with van der Waals surface area (Å²) in [7, 11) is 1.14. The van der Waals surface area contributed by atoms with Gasteiger partial charge < -0.3 is 20.3 Å². The van der Waals surface area contributed by atoms with Crippen LogP contribution in [0, 0.1) is 11.6 Å². The Hall–Kier alpha value is -3.23. The summed E-state index contributed by atoms with van der Waals surface area (Å²) in [5.41, 5.74) is 5.68. The van der Waals surface area contributed by atoms with Crippen LogP contribution in [0.2, 0.25) is 0 Å². The molecule has 0 aliphatic carbocycles. The second-order valence-electron chi connectivity index (χ2n) is 6.35. The van der Waals surface area contributed by atoms with Crippen molar-refractivity contribution < 1.29 is 23.1 Å². The van der Waals surface area contributed by atoms with Crippen LogP contribution in [0.5, 0.6) is 5.75 Å². The zero-order chi connectivity index (χ0) is 20.3. The SMILES string of the molecule is COc1c(F)ccc(C(=O)N2CCCN(C(=O)c3ccc(N)nc3)CC2)c1F. The van der Waals surface area contributed by atoms with Crippen LogP contribution in [-0.2, 0) is 0 Å². The van der Waals surface area contributed by atoms with Gasteiger partial charge in [-0.25, -0.2) is 13.8 Å². The lowest BCUT2D eigenvalue weighted by atomic mass is 10.1. The van der Waals surface area contributed by atoms with E-state index < -0.39 is 23.3 Å². The van der Waals surface area contributed by atoms with Gasteiger partial charge in [0.15, 0.2) is 17.4 Å². The zero-order valence-electron chi connectivity index (χ0n) is 15.3. The van der Waals surface area contributed by atoms with E-state index in [0.29, 0.717) is 30.9 Å². The van der Waals surface area contributed by atoms with Gasteiger partial charge in [-0.1, -0.05) is 0 Å². The Balaban J connectivity index is 1.72. The third-order valence-corrected chi connectivity index (χ3v) is 4.59. The van der Waals surface area contributed by atoms with Gasteiger partial charge in [0.1, 0.15) is 5.82 Å². The minimum Gasteiger partial charge on any atom is -0.491 e. The first-order valence-electron chi connectivity index (χ1n) is 8.74. The van der Waals surface area contributed by atoms with Crippen molar-refractivity contribution in [3.8, 4) is 5.75 Å². The number of rotatable bonds is 3. The van der Waals surface area contributed by atoms with E-state index in [-0.39, 0.29) is 24.6 Å². The first kappa shape index (κ1) is 19.5. The molecule has 2 amide bonds. The summed E-state index contributed by atoms with van der Waals surface area (Å²) in [5, 5.41) is 0. The summed E-state index contributed by atoms with van der Waals surface area (Å²) >= 11 is 0. The number of anilines is 1. The van der Waals surface area contributed by atoms with Crippen molar-refractivity contribution >= 4 is 17.6 Å². The summed E-state index contributed by atoms with van der Waals surface area (Å²) in [6.07, 6.45) is 1.94. The molecule has 1 saturated heterocycles. The maximum absolute atomic E-state index is 14.4. The summed E-state index contributed by atoms with van der Waals surface area (Å²) in [6, 6.07) is 5.24. The molecule has 1 fully saturated rings. The molecule has 9 heteroatoms. The molecule has 1 aromatic carbocycles. The molecule has 7 nitrogen and oxygen atoms in total. The number of aromatic nitrogens is 1. The Bertz CT molecular complexity index is 889. The topological polar surface area (TPSA) is 88.8 Å². The minimum atomic E-state index is -1.03. The third kappa shape index (κ3) is 3.88. The Morgan fingerprint density at radius 2 is 1.71 bits per heavy atom. The maximum atomic E-state index is 14.4. The summed E-state index contributed by atoms with van der Waals surface area (Å²) in [6.45, 7) is 1.31. The molecule has 0 radical (unpaired) electrons. The predicted molar refractivity (Wildman–Crippen MR) is 98.0 cm³/mol. The number of benzene rings is 1. The van der Waals surface area contributed by atoms with Gasteiger partial charge in [-0.3, -0.25) is 9.59 Å². The van der Waals surface area contributed by atoms with Crippen molar-refractivity contribution in [1.29, 1.82) is 0 Å². The van der Waals surface area contributed by atoms with E-state index in [9.17, 15) is 18.4 Å². The standard InChI is InChI=1S/C19H20F2N4O3/c1-28-17-14(20)5-4-13(16(17)21)19(27)25-8-2-7-24(9-10-25)18(26)12-3-6-15(22)23-11-12/h3-6,11H,2,7-10H2,1H3,(H2,22,23). The number of nitrogen functional groups attached to an aromatic ring is 1. The summed E-state index contributed by atoms with van der Waals surface area (Å²) in [5.74, 6) is -2.95. The summed E-state index contributed by atoms with van der Waals surface area (Å²) in [4.78, 5) is 32.3. The number of pyridine rings is 1. The molecular formula is C19H20F2N4O3. The number of halogens is 2. The molecule has 2 heterocycles. The van der Waals surface area contributed by atoms with Crippen LogP contribution >= 0.6 is 0 Å². The minimum absolute atomic E-state index is 0.212. The Morgan fingerprint density at radius 3 is 2.32 bits per heavy atom. The average molecular weight is 390 g/mol. The van der Waals surface area contributed by atoms with Gasteiger partial charge >= 0.3 is 0 Å². The Kier molecular flexibility index (Phi) is 5.72. The van der Waals surface area contributed by atoms with Crippen molar-refractivity contribution in [2.45, 2.75) is 6.42 Å². The Morgan fingerprint density at radius 1 is 1.04 bits per heavy atom. The monoisotopic (exact) mass is 390 g/mol. The van der Waals surface area contributed by atoms with Gasteiger partial charge in [-0.15, -0.1) is 0 Å². The zero-order valence-corrected chi connectivity index (χ0v) is 15.3. The highest BCUT2D eigenvalue weighted by Gasteiger charge is 2.27. The lowest BCUT2D eigenvalue weighted by Gasteiger charge is -2.22. The predicted octanol–water partition coefficient (Wildman–Crippen LogP) is 1.94.